The molecule has 0 saturated heterocycles. The van der Waals surface area contributed by atoms with Crippen LogP contribution >= 0.6 is 11.6 Å². The van der Waals surface area contributed by atoms with Crippen LogP contribution in [0.1, 0.15) is 37.5 Å². The van der Waals surface area contributed by atoms with Gasteiger partial charge in [-0.15, -0.1) is 0 Å². The lowest BCUT2D eigenvalue weighted by molar-refractivity contribution is -0.120. The van der Waals surface area contributed by atoms with Gasteiger partial charge in [0.1, 0.15) is 0 Å². The fourth-order valence-electron chi connectivity index (χ4n) is 2.35. The number of carbonyl (C=O) groups excluding carboxylic acids is 1. The SMILES string of the molecule is COc1cc(/C=N\NC(=O)Cc2ccc(C(C)(C)C)cc2)cc(Cl)c1O. The Morgan fingerprint density at radius 3 is 2.50 bits per heavy atom. The number of hydrazone groups is 1. The second kappa shape index (κ2) is 8.23. The minimum Gasteiger partial charge on any atom is -0.503 e. The zero-order valence-corrected chi connectivity index (χ0v) is 16.1. The third-order valence-corrected chi connectivity index (χ3v) is 4.15. The Morgan fingerprint density at radius 1 is 1.27 bits per heavy atom. The van der Waals surface area contributed by atoms with Crippen molar-refractivity contribution in [2.24, 2.45) is 5.10 Å². The summed E-state index contributed by atoms with van der Waals surface area (Å²) < 4.78 is 5.02. The highest BCUT2D eigenvalue weighted by Gasteiger charge is 2.13. The van der Waals surface area contributed by atoms with Crippen molar-refractivity contribution in [3.8, 4) is 11.5 Å². The van der Waals surface area contributed by atoms with Crippen LogP contribution in [-0.4, -0.2) is 24.3 Å². The van der Waals surface area contributed by atoms with Gasteiger partial charge in [0, 0.05) is 0 Å². The number of benzene rings is 2. The molecule has 6 heteroatoms. The van der Waals surface area contributed by atoms with Gasteiger partial charge < -0.3 is 9.84 Å². The molecule has 0 saturated carbocycles. The lowest BCUT2D eigenvalue weighted by Gasteiger charge is -2.19. The van der Waals surface area contributed by atoms with Crippen LogP contribution in [0.4, 0.5) is 0 Å². The van der Waals surface area contributed by atoms with E-state index in [4.69, 9.17) is 16.3 Å². The van der Waals surface area contributed by atoms with Crippen LogP contribution in [0.25, 0.3) is 0 Å². The molecular formula is C20H23ClN2O3. The van der Waals surface area contributed by atoms with Crippen molar-refractivity contribution < 1.29 is 14.6 Å². The average Bonchev–Trinajstić information content (AvgIpc) is 2.57. The number of phenolic OH excluding ortho intramolecular Hbond substituents is 1. The van der Waals surface area contributed by atoms with Gasteiger partial charge >= 0.3 is 0 Å². The number of aromatic hydroxyl groups is 1. The Morgan fingerprint density at radius 2 is 1.92 bits per heavy atom. The van der Waals surface area contributed by atoms with Gasteiger partial charge in [0.25, 0.3) is 0 Å². The Labute approximate surface area is 158 Å². The summed E-state index contributed by atoms with van der Waals surface area (Å²) in [5.41, 5.74) is 5.29. The third-order valence-electron chi connectivity index (χ3n) is 3.86. The predicted octanol–water partition coefficient (Wildman–Crippen LogP) is 4.04. The van der Waals surface area contributed by atoms with Crippen molar-refractivity contribution in [1.29, 1.82) is 0 Å². The number of rotatable bonds is 5. The molecule has 2 aromatic rings. The maximum atomic E-state index is 12.0. The van der Waals surface area contributed by atoms with Gasteiger partial charge in [-0.1, -0.05) is 56.6 Å². The van der Waals surface area contributed by atoms with Gasteiger partial charge in [0.2, 0.25) is 5.91 Å². The minimum absolute atomic E-state index is 0.0809. The van der Waals surface area contributed by atoms with Gasteiger partial charge in [-0.05, 0) is 34.2 Å². The molecule has 0 atom stereocenters. The summed E-state index contributed by atoms with van der Waals surface area (Å²) in [5, 5.41) is 13.8. The van der Waals surface area contributed by atoms with Crippen LogP contribution in [0, 0.1) is 0 Å². The highest BCUT2D eigenvalue weighted by atomic mass is 35.5. The number of hydrogen-bond donors (Lipinski definition) is 2. The minimum atomic E-state index is -0.221. The summed E-state index contributed by atoms with van der Waals surface area (Å²) in [6.07, 6.45) is 1.68. The Hall–Kier alpha value is -2.53. The topological polar surface area (TPSA) is 70.9 Å². The van der Waals surface area contributed by atoms with Crippen LogP contribution in [0.15, 0.2) is 41.5 Å². The first kappa shape index (κ1) is 19.8. The van der Waals surface area contributed by atoms with Gasteiger partial charge in [-0.3, -0.25) is 4.79 Å². The molecule has 1 amide bonds. The molecule has 0 aliphatic rings. The van der Waals surface area contributed by atoms with E-state index in [1.807, 2.05) is 24.3 Å². The number of methoxy groups -OCH3 is 1. The fourth-order valence-corrected chi connectivity index (χ4v) is 2.57. The Bertz CT molecular complexity index is 809. The molecule has 0 aliphatic carbocycles. The van der Waals surface area contributed by atoms with Crippen molar-refractivity contribution in [2.45, 2.75) is 32.6 Å². The zero-order chi connectivity index (χ0) is 19.3. The normalized spacial score (nSPS) is 11.6. The third kappa shape index (κ3) is 5.23. The molecule has 2 N–H and O–H groups in total. The molecule has 0 unspecified atom stereocenters. The van der Waals surface area contributed by atoms with E-state index >= 15 is 0 Å². The number of hydrogen-bond acceptors (Lipinski definition) is 4. The Kier molecular flexibility index (Phi) is 6.27. The van der Waals surface area contributed by atoms with Crippen molar-refractivity contribution in [3.63, 3.8) is 0 Å². The largest absolute Gasteiger partial charge is 0.503 e. The van der Waals surface area contributed by atoms with Crippen LogP contribution in [0.5, 0.6) is 11.5 Å². The molecular weight excluding hydrogens is 352 g/mol. The van der Waals surface area contributed by atoms with E-state index < -0.39 is 0 Å². The van der Waals surface area contributed by atoms with E-state index in [9.17, 15) is 9.90 Å². The number of phenols is 1. The zero-order valence-electron chi connectivity index (χ0n) is 15.3. The molecule has 2 rings (SSSR count). The van der Waals surface area contributed by atoms with Crippen LogP contribution in [0.2, 0.25) is 5.02 Å². The first-order valence-corrected chi connectivity index (χ1v) is 8.56. The highest BCUT2D eigenvalue weighted by molar-refractivity contribution is 6.32. The average molecular weight is 375 g/mol. The van der Waals surface area contributed by atoms with E-state index in [1.165, 1.54) is 25.0 Å². The summed E-state index contributed by atoms with van der Waals surface area (Å²) in [4.78, 5) is 12.0. The molecule has 26 heavy (non-hydrogen) atoms. The van der Waals surface area contributed by atoms with Gasteiger partial charge in [-0.25, -0.2) is 5.43 Å². The molecule has 0 radical (unpaired) electrons. The smallest absolute Gasteiger partial charge is 0.244 e. The van der Waals surface area contributed by atoms with Crippen LogP contribution in [0.3, 0.4) is 0 Å². The van der Waals surface area contributed by atoms with Crippen molar-refractivity contribution in [3.05, 3.63) is 58.1 Å². The number of nitrogens with zero attached hydrogens (tertiary/aromatic N) is 1. The Balaban J connectivity index is 1.96. The summed E-state index contributed by atoms with van der Waals surface area (Å²) in [6, 6.07) is 11.1. The summed E-state index contributed by atoms with van der Waals surface area (Å²) in [7, 11) is 1.43. The number of carbonyl (C=O) groups is 1. The molecule has 0 bridgehead atoms. The van der Waals surface area contributed by atoms with Crippen LogP contribution in [-0.2, 0) is 16.6 Å². The van der Waals surface area contributed by atoms with Gasteiger partial charge in [0.05, 0.1) is 24.8 Å². The number of nitrogens with one attached hydrogen (secondary N) is 1. The maximum Gasteiger partial charge on any atom is 0.244 e. The standard InChI is InChI=1S/C20H23ClN2O3/c1-20(2,3)15-7-5-13(6-8-15)11-18(24)23-22-12-14-9-16(21)19(25)17(10-14)26-4/h5-10,12,25H,11H2,1-4H3,(H,23,24)/b22-12-. The second-order valence-corrected chi connectivity index (χ2v) is 7.38. The summed E-state index contributed by atoms with van der Waals surface area (Å²) in [6.45, 7) is 6.44. The summed E-state index contributed by atoms with van der Waals surface area (Å²) in [5.74, 6) is -0.111. The number of ether oxygens (including phenoxy) is 1. The molecule has 0 fully saturated rings. The molecule has 0 aromatic heterocycles. The molecule has 2 aromatic carbocycles. The van der Waals surface area contributed by atoms with E-state index in [0.29, 0.717) is 5.56 Å². The molecule has 0 heterocycles. The monoisotopic (exact) mass is 374 g/mol. The van der Waals surface area contributed by atoms with E-state index in [1.54, 1.807) is 6.07 Å². The quantitative estimate of drug-likeness (QED) is 0.612. The first-order valence-electron chi connectivity index (χ1n) is 8.18. The van der Waals surface area contributed by atoms with Crippen LogP contribution < -0.4 is 10.2 Å². The molecule has 138 valence electrons. The van der Waals surface area contributed by atoms with E-state index in [2.05, 4.69) is 31.3 Å². The predicted molar refractivity (Wildman–Crippen MR) is 104 cm³/mol. The van der Waals surface area contributed by atoms with Crippen molar-refractivity contribution >= 4 is 23.7 Å². The van der Waals surface area contributed by atoms with E-state index in [0.717, 1.165) is 5.56 Å². The highest BCUT2D eigenvalue weighted by Crippen LogP contribution is 2.34. The molecule has 0 spiro atoms. The fraction of sp³-hybridized carbons (Fsp3) is 0.300. The van der Waals surface area contributed by atoms with Crippen molar-refractivity contribution in [1.82, 2.24) is 5.43 Å². The van der Waals surface area contributed by atoms with Gasteiger partial charge in [-0.2, -0.15) is 5.10 Å². The molecule has 0 aliphatic heterocycles. The summed E-state index contributed by atoms with van der Waals surface area (Å²) >= 11 is 5.91. The first-order chi connectivity index (χ1) is 12.2. The number of halogens is 1. The lowest BCUT2D eigenvalue weighted by atomic mass is 9.86. The maximum absolute atomic E-state index is 12.0. The van der Waals surface area contributed by atoms with Crippen molar-refractivity contribution in [2.75, 3.05) is 7.11 Å². The lowest BCUT2D eigenvalue weighted by Crippen LogP contribution is -2.20. The second-order valence-electron chi connectivity index (χ2n) is 6.97. The van der Waals surface area contributed by atoms with Gasteiger partial charge in [0.15, 0.2) is 11.5 Å². The van der Waals surface area contributed by atoms with E-state index in [-0.39, 0.29) is 34.3 Å². The number of amides is 1. The molecule has 5 nitrogen and oxygen atoms in total.